The monoisotopic (exact) mass is 570 g/mol. The van der Waals surface area contributed by atoms with Crippen molar-refractivity contribution in [2.45, 2.75) is 56.1 Å². The van der Waals surface area contributed by atoms with Gasteiger partial charge in [0, 0.05) is 29.1 Å². The van der Waals surface area contributed by atoms with Crippen molar-refractivity contribution in [3.63, 3.8) is 0 Å². The minimum atomic E-state index is -0.893. The van der Waals surface area contributed by atoms with Crippen LogP contribution in [0.25, 0.3) is 11.1 Å². The molecule has 3 aromatic carbocycles. The molecule has 0 unspecified atom stereocenters. The number of carbonyl (C=O) groups is 1. The summed E-state index contributed by atoms with van der Waals surface area (Å²) >= 11 is 6.55. The molecule has 0 saturated heterocycles. The SMILES string of the molecule is NC(=O)c1ccc(OCCO)c(F)c1-c1c(Cl)c(F)cc2c1C[C@](CNC1CCC(O)CC1)(c1ccccc1)C2. The van der Waals surface area contributed by atoms with E-state index in [9.17, 15) is 9.90 Å². The van der Waals surface area contributed by atoms with Crippen LogP contribution in [0.5, 0.6) is 5.75 Å². The lowest BCUT2D eigenvalue weighted by Crippen LogP contribution is -2.45. The minimum absolute atomic E-state index is 0.0935. The number of rotatable bonds is 9. The summed E-state index contributed by atoms with van der Waals surface area (Å²) in [5.41, 5.74) is 7.28. The molecule has 2 aliphatic rings. The summed E-state index contributed by atoms with van der Waals surface area (Å²) in [6.07, 6.45) is 3.83. The van der Waals surface area contributed by atoms with Crippen LogP contribution in [0.15, 0.2) is 48.5 Å². The predicted octanol–water partition coefficient (Wildman–Crippen LogP) is 4.68. The molecule has 5 N–H and O–H groups in total. The van der Waals surface area contributed by atoms with E-state index in [0.717, 1.165) is 31.2 Å². The van der Waals surface area contributed by atoms with Crippen LogP contribution in [-0.4, -0.2) is 48.0 Å². The number of fused-ring (bicyclic) bond motifs is 1. The number of primary amides is 1. The van der Waals surface area contributed by atoms with Crippen molar-refractivity contribution in [3.05, 3.63) is 87.4 Å². The Balaban J connectivity index is 1.62. The lowest BCUT2D eigenvalue weighted by Gasteiger charge is -2.34. The number of ether oxygens (including phenoxy) is 1. The van der Waals surface area contributed by atoms with E-state index in [1.54, 1.807) is 0 Å². The molecule has 0 spiro atoms. The van der Waals surface area contributed by atoms with Gasteiger partial charge in [0.25, 0.3) is 0 Å². The molecule has 3 aromatic rings. The lowest BCUT2D eigenvalue weighted by atomic mass is 9.76. The number of amides is 1. The highest BCUT2D eigenvalue weighted by atomic mass is 35.5. The van der Waals surface area contributed by atoms with Gasteiger partial charge in [-0.25, -0.2) is 8.78 Å². The third kappa shape index (κ3) is 5.46. The quantitative estimate of drug-likeness (QED) is 0.299. The smallest absolute Gasteiger partial charge is 0.249 e. The second kappa shape index (κ2) is 11.8. The van der Waals surface area contributed by atoms with Crippen LogP contribution in [0.2, 0.25) is 5.02 Å². The Hall–Kier alpha value is -3.04. The summed E-state index contributed by atoms with van der Waals surface area (Å²) in [7, 11) is 0. The molecular formula is C31H33ClF2N2O4. The van der Waals surface area contributed by atoms with E-state index in [0.29, 0.717) is 30.5 Å². The molecule has 1 fully saturated rings. The van der Waals surface area contributed by atoms with Crippen LogP contribution in [0.4, 0.5) is 8.78 Å². The van der Waals surface area contributed by atoms with Gasteiger partial charge in [-0.05, 0) is 73.4 Å². The number of hydrogen-bond donors (Lipinski definition) is 4. The molecule has 0 aliphatic heterocycles. The van der Waals surface area contributed by atoms with Gasteiger partial charge in [-0.1, -0.05) is 41.9 Å². The summed E-state index contributed by atoms with van der Waals surface area (Å²) in [6, 6.07) is 14.2. The molecule has 1 amide bonds. The summed E-state index contributed by atoms with van der Waals surface area (Å²) < 4.78 is 36.7. The third-order valence-electron chi connectivity index (χ3n) is 8.25. The summed E-state index contributed by atoms with van der Waals surface area (Å²) in [5.74, 6) is -2.69. The first-order chi connectivity index (χ1) is 19.2. The standard InChI is InChI=1S/C31H33ClF2N2O4/c32-28-24(33)14-18-15-31(19-4-2-1-3-5-19,17-36-20-6-8-21(38)9-7-20)16-23(18)26(28)27-22(30(35)39)10-11-25(29(27)34)40-13-12-37/h1-5,10-11,14,20-21,36-38H,6-9,12-13,15-17H2,(H2,35,39)/t20?,21?,31-/m1/s1. The Kier molecular flexibility index (Phi) is 8.42. The molecule has 0 radical (unpaired) electrons. The van der Waals surface area contributed by atoms with E-state index in [4.69, 9.17) is 27.2 Å². The Labute approximate surface area is 237 Å². The molecule has 0 bridgehead atoms. The molecule has 9 heteroatoms. The fourth-order valence-corrected chi connectivity index (χ4v) is 6.48. The summed E-state index contributed by atoms with van der Waals surface area (Å²) in [4.78, 5) is 12.4. The van der Waals surface area contributed by atoms with Gasteiger partial charge in [-0.2, -0.15) is 0 Å². The second-order valence-corrected chi connectivity index (χ2v) is 11.2. The van der Waals surface area contributed by atoms with Crippen LogP contribution in [0.1, 0.15) is 52.7 Å². The van der Waals surface area contributed by atoms with Crippen molar-refractivity contribution in [1.82, 2.24) is 5.32 Å². The maximum absolute atomic E-state index is 16.0. The summed E-state index contributed by atoms with van der Waals surface area (Å²) in [5, 5.41) is 22.5. The van der Waals surface area contributed by atoms with Crippen molar-refractivity contribution in [2.24, 2.45) is 5.73 Å². The highest BCUT2D eigenvalue weighted by Crippen LogP contribution is 2.49. The number of nitrogens with two attached hydrogens (primary N) is 1. The predicted molar refractivity (Wildman–Crippen MR) is 150 cm³/mol. The van der Waals surface area contributed by atoms with Crippen molar-refractivity contribution >= 4 is 17.5 Å². The molecule has 40 heavy (non-hydrogen) atoms. The number of nitrogens with one attached hydrogen (secondary N) is 1. The van der Waals surface area contributed by atoms with Crippen molar-refractivity contribution in [3.8, 4) is 16.9 Å². The van der Waals surface area contributed by atoms with Gasteiger partial charge >= 0.3 is 0 Å². The lowest BCUT2D eigenvalue weighted by molar-refractivity contribution is 0.1000. The fourth-order valence-electron chi connectivity index (χ4n) is 6.22. The minimum Gasteiger partial charge on any atom is -0.488 e. The topological polar surface area (TPSA) is 105 Å². The average Bonchev–Trinajstić information content (AvgIpc) is 3.32. The van der Waals surface area contributed by atoms with Crippen LogP contribution in [-0.2, 0) is 18.3 Å². The second-order valence-electron chi connectivity index (χ2n) is 10.8. The van der Waals surface area contributed by atoms with Crippen molar-refractivity contribution < 1.29 is 28.5 Å². The molecule has 0 aromatic heterocycles. The van der Waals surface area contributed by atoms with E-state index in [1.807, 2.05) is 30.3 Å². The highest BCUT2D eigenvalue weighted by molar-refractivity contribution is 6.34. The van der Waals surface area contributed by atoms with Gasteiger partial charge in [-0.3, -0.25) is 4.79 Å². The van der Waals surface area contributed by atoms with Gasteiger partial charge < -0.3 is 26.0 Å². The van der Waals surface area contributed by atoms with Crippen LogP contribution < -0.4 is 15.8 Å². The largest absolute Gasteiger partial charge is 0.488 e. The van der Waals surface area contributed by atoms with Gasteiger partial charge in [0.2, 0.25) is 5.91 Å². The number of hydrogen-bond acceptors (Lipinski definition) is 5. The zero-order valence-corrected chi connectivity index (χ0v) is 22.8. The van der Waals surface area contributed by atoms with Crippen LogP contribution in [0.3, 0.4) is 0 Å². The number of halogens is 3. The first-order valence-electron chi connectivity index (χ1n) is 13.6. The Morgan fingerprint density at radius 3 is 2.48 bits per heavy atom. The fraction of sp³-hybridized carbons (Fsp3) is 0.387. The molecule has 5 rings (SSSR count). The van der Waals surface area contributed by atoms with E-state index < -0.39 is 23.0 Å². The molecular weight excluding hydrogens is 538 g/mol. The first-order valence-corrected chi connectivity index (χ1v) is 13.9. The van der Waals surface area contributed by atoms with Crippen LogP contribution >= 0.6 is 11.6 Å². The van der Waals surface area contributed by atoms with E-state index in [-0.39, 0.29) is 52.8 Å². The average molecular weight is 571 g/mol. The zero-order chi connectivity index (χ0) is 28.4. The van der Waals surface area contributed by atoms with Gasteiger partial charge in [0.15, 0.2) is 11.6 Å². The maximum Gasteiger partial charge on any atom is 0.249 e. The van der Waals surface area contributed by atoms with Gasteiger partial charge in [-0.15, -0.1) is 0 Å². The van der Waals surface area contributed by atoms with Crippen LogP contribution in [0, 0.1) is 11.6 Å². The van der Waals surface area contributed by atoms with Crippen molar-refractivity contribution in [2.75, 3.05) is 19.8 Å². The van der Waals surface area contributed by atoms with Gasteiger partial charge in [0.1, 0.15) is 12.4 Å². The molecule has 6 nitrogen and oxygen atoms in total. The number of aliphatic hydroxyl groups excluding tert-OH is 2. The van der Waals surface area contributed by atoms with Gasteiger partial charge in [0.05, 0.1) is 23.3 Å². The molecule has 0 heterocycles. The van der Waals surface area contributed by atoms with E-state index in [1.165, 1.54) is 18.2 Å². The maximum atomic E-state index is 16.0. The Morgan fingerprint density at radius 2 is 1.80 bits per heavy atom. The first kappa shape index (κ1) is 28.5. The zero-order valence-electron chi connectivity index (χ0n) is 22.1. The van der Waals surface area contributed by atoms with Crippen molar-refractivity contribution in [1.29, 1.82) is 0 Å². The molecule has 1 atom stereocenters. The Bertz CT molecular complexity index is 1400. The normalized spacial score (nSPS) is 22.2. The molecule has 1 saturated carbocycles. The van der Waals surface area contributed by atoms with E-state index >= 15 is 8.78 Å². The molecule has 212 valence electrons. The molecule has 2 aliphatic carbocycles. The van der Waals surface area contributed by atoms with E-state index in [2.05, 4.69) is 5.32 Å². The number of carbonyl (C=O) groups excluding carboxylic acids is 1. The third-order valence-corrected chi connectivity index (χ3v) is 8.62. The highest BCUT2D eigenvalue weighted by Gasteiger charge is 2.42. The summed E-state index contributed by atoms with van der Waals surface area (Å²) in [6.45, 7) is 0.0766. The number of aliphatic hydroxyl groups is 2. The Morgan fingerprint density at radius 1 is 1.07 bits per heavy atom. The number of benzene rings is 3.